The van der Waals surface area contributed by atoms with Gasteiger partial charge in [0.05, 0.1) is 18.8 Å². The largest absolute Gasteiger partial charge is 0.377 e. The third-order valence-corrected chi connectivity index (χ3v) is 2.91. The number of morpholine rings is 1. The van der Waals surface area contributed by atoms with Gasteiger partial charge in [-0.25, -0.2) is 9.97 Å². The predicted molar refractivity (Wildman–Crippen MR) is 64.0 cm³/mol. The molecule has 0 amide bonds. The lowest BCUT2D eigenvalue weighted by molar-refractivity contribution is 0.0639. The van der Waals surface area contributed by atoms with E-state index < -0.39 is 0 Å². The van der Waals surface area contributed by atoms with Gasteiger partial charge in [-0.3, -0.25) is 0 Å². The van der Waals surface area contributed by atoms with Gasteiger partial charge in [0.25, 0.3) is 0 Å². The fourth-order valence-corrected chi connectivity index (χ4v) is 2.16. The average Bonchev–Trinajstić information content (AvgIpc) is 2.15. The maximum absolute atomic E-state index is 5.95. The van der Waals surface area contributed by atoms with Crippen molar-refractivity contribution >= 4 is 17.4 Å². The van der Waals surface area contributed by atoms with Crippen LogP contribution in [0.25, 0.3) is 0 Å². The number of aryl methyl sites for hydroxylation is 1. The summed E-state index contributed by atoms with van der Waals surface area (Å²) in [5, 5.41) is 0.491. The van der Waals surface area contributed by atoms with E-state index >= 15 is 0 Å². The Morgan fingerprint density at radius 3 is 2.81 bits per heavy atom. The van der Waals surface area contributed by atoms with Crippen molar-refractivity contribution in [3.05, 3.63) is 17.0 Å². The smallest absolute Gasteiger partial charge is 0.134 e. The van der Waals surface area contributed by atoms with Crippen molar-refractivity contribution in [1.82, 2.24) is 9.97 Å². The van der Waals surface area contributed by atoms with Crippen molar-refractivity contribution in [3.63, 3.8) is 0 Å². The molecule has 2 rings (SSSR count). The van der Waals surface area contributed by atoms with Crippen molar-refractivity contribution < 1.29 is 4.74 Å². The van der Waals surface area contributed by atoms with Gasteiger partial charge >= 0.3 is 0 Å². The third kappa shape index (κ3) is 2.28. The molecule has 2 heterocycles. The molecule has 0 radical (unpaired) electrons. The van der Waals surface area contributed by atoms with E-state index in [-0.39, 0.29) is 5.54 Å². The highest BCUT2D eigenvalue weighted by atomic mass is 35.5. The quantitative estimate of drug-likeness (QED) is 0.706. The first-order valence-electron chi connectivity index (χ1n) is 5.36. The number of hydrogen-bond acceptors (Lipinski definition) is 4. The van der Waals surface area contributed by atoms with E-state index in [4.69, 9.17) is 16.3 Å². The van der Waals surface area contributed by atoms with Gasteiger partial charge in [0.1, 0.15) is 16.8 Å². The summed E-state index contributed by atoms with van der Waals surface area (Å²) in [5.41, 5.74) is -0.0532. The van der Waals surface area contributed by atoms with Crippen molar-refractivity contribution in [2.75, 3.05) is 24.7 Å². The summed E-state index contributed by atoms with van der Waals surface area (Å²) < 4.78 is 5.48. The zero-order valence-electron chi connectivity index (χ0n) is 9.83. The van der Waals surface area contributed by atoms with Crippen molar-refractivity contribution in [2.45, 2.75) is 26.3 Å². The fourth-order valence-electron chi connectivity index (χ4n) is 1.94. The minimum Gasteiger partial charge on any atom is -0.377 e. The molecule has 5 heteroatoms. The molecule has 0 spiro atoms. The van der Waals surface area contributed by atoms with Crippen LogP contribution in [0, 0.1) is 6.92 Å². The zero-order valence-corrected chi connectivity index (χ0v) is 10.6. The summed E-state index contributed by atoms with van der Waals surface area (Å²) in [5.74, 6) is 1.58. The Kier molecular flexibility index (Phi) is 3.04. The summed E-state index contributed by atoms with van der Waals surface area (Å²) in [6.07, 6.45) is 0. The second kappa shape index (κ2) is 4.18. The van der Waals surface area contributed by atoms with Crippen LogP contribution in [0.3, 0.4) is 0 Å². The molecule has 1 aliphatic heterocycles. The Labute approximate surface area is 101 Å². The van der Waals surface area contributed by atoms with E-state index in [1.807, 2.05) is 13.0 Å². The first kappa shape index (κ1) is 11.6. The Morgan fingerprint density at radius 1 is 1.44 bits per heavy atom. The molecule has 0 aromatic carbocycles. The highest BCUT2D eigenvalue weighted by molar-refractivity contribution is 6.29. The van der Waals surface area contributed by atoms with Crippen LogP contribution in [0.15, 0.2) is 6.07 Å². The molecule has 0 atom stereocenters. The Hall–Kier alpha value is -0.870. The molecular weight excluding hydrogens is 226 g/mol. The van der Waals surface area contributed by atoms with Gasteiger partial charge < -0.3 is 9.64 Å². The number of anilines is 1. The second-order valence-electron chi connectivity index (χ2n) is 4.61. The molecule has 4 nitrogen and oxygen atoms in total. The molecule has 1 aromatic rings. The van der Waals surface area contributed by atoms with Gasteiger partial charge in [-0.2, -0.15) is 0 Å². The summed E-state index contributed by atoms with van der Waals surface area (Å²) in [6, 6.07) is 1.81. The van der Waals surface area contributed by atoms with E-state index in [0.29, 0.717) is 17.6 Å². The van der Waals surface area contributed by atoms with Crippen LogP contribution in [-0.2, 0) is 4.74 Å². The lowest BCUT2D eigenvalue weighted by Crippen LogP contribution is -2.53. The summed E-state index contributed by atoms with van der Waals surface area (Å²) in [7, 11) is 0. The van der Waals surface area contributed by atoms with Gasteiger partial charge in [-0.1, -0.05) is 11.6 Å². The molecule has 88 valence electrons. The Bertz CT molecular complexity index is 375. The lowest BCUT2D eigenvalue weighted by Gasteiger charge is -2.43. The molecule has 1 saturated heterocycles. The number of ether oxygens (including phenoxy) is 1. The standard InChI is InChI=1S/C11H16ClN3O/c1-8-13-9(12)6-10(14-8)15-4-5-16-7-11(15,2)3/h6H,4-5,7H2,1-3H3. The zero-order chi connectivity index (χ0) is 11.8. The summed E-state index contributed by atoms with van der Waals surface area (Å²) >= 11 is 5.95. The summed E-state index contributed by atoms with van der Waals surface area (Å²) in [6.45, 7) is 8.38. The van der Waals surface area contributed by atoms with E-state index in [1.54, 1.807) is 0 Å². The van der Waals surface area contributed by atoms with Crippen LogP contribution in [0.1, 0.15) is 19.7 Å². The van der Waals surface area contributed by atoms with Crippen LogP contribution in [-0.4, -0.2) is 35.3 Å². The number of rotatable bonds is 1. The van der Waals surface area contributed by atoms with Gasteiger partial charge in [-0.15, -0.1) is 0 Å². The molecule has 0 saturated carbocycles. The lowest BCUT2D eigenvalue weighted by atomic mass is 10.0. The van der Waals surface area contributed by atoms with E-state index in [2.05, 4.69) is 28.7 Å². The van der Waals surface area contributed by atoms with Gasteiger partial charge in [-0.05, 0) is 20.8 Å². The maximum atomic E-state index is 5.95. The molecule has 16 heavy (non-hydrogen) atoms. The van der Waals surface area contributed by atoms with Crippen LogP contribution >= 0.6 is 11.6 Å². The molecule has 0 aliphatic carbocycles. The highest BCUT2D eigenvalue weighted by Crippen LogP contribution is 2.26. The SMILES string of the molecule is Cc1nc(Cl)cc(N2CCOCC2(C)C)n1. The topological polar surface area (TPSA) is 38.2 Å². The maximum Gasteiger partial charge on any atom is 0.134 e. The van der Waals surface area contributed by atoms with Gasteiger partial charge in [0, 0.05) is 12.6 Å². The molecule has 1 aliphatic rings. The second-order valence-corrected chi connectivity index (χ2v) is 5.00. The Balaban J connectivity index is 2.34. The van der Waals surface area contributed by atoms with Crippen LogP contribution in [0.5, 0.6) is 0 Å². The average molecular weight is 242 g/mol. The first-order chi connectivity index (χ1) is 7.49. The fraction of sp³-hybridized carbons (Fsp3) is 0.636. The van der Waals surface area contributed by atoms with Crippen LogP contribution in [0.4, 0.5) is 5.82 Å². The van der Waals surface area contributed by atoms with E-state index in [0.717, 1.165) is 19.0 Å². The minimum absolute atomic E-state index is 0.0532. The molecule has 1 fully saturated rings. The third-order valence-electron chi connectivity index (χ3n) is 2.71. The van der Waals surface area contributed by atoms with E-state index in [9.17, 15) is 0 Å². The molecule has 0 bridgehead atoms. The molecular formula is C11H16ClN3O. The normalized spacial score (nSPS) is 19.9. The Morgan fingerprint density at radius 2 is 2.19 bits per heavy atom. The van der Waals surface area contributed by atoms with E-state index in [1.165, 1.54) is 0 Å². The number of nitrogens with zero attached hydrogens (tertiary/aromatic N) is 3. The van der Waals surface area contributed by atoms with Crippen LogP contribution in [0.2, 0.25) is 5.15 Å². The molecule has 1 aromatic heterocycles. The number of aromatic nitrogens is 2. The first-order valence-corrected chi connectivity index (χ1v) is 5.73. The van der Waals surface area contributed by atoms with Crippen molar-refractivity contribution in [2.24, 2.45) is 0 Å². The van der Waals surface area contributed by atoms with Gasteiger partial charge in [0.15, 0.2) is 0 Å². The number of halogens is 1. The monoisotopic (exact) mass is 241 g/mol. The van der Waals surface area contributed by atoms with Crippen molar-refractivity contribution in [1.29, 1.82) is 0 Å². The van der Waals surface area contributed by atoms with Crippen LogP contribution < -0.4 is 4.90 Å². The molecule has 0 N–H and O–H groups in total. The predicted octanol–water partition coefficient (Wildman–Crippen LogP) is 2.05. The number of hydrogen-bond donors (Lipinski definition) is 0. The van der Waals surface area contributed by atoms with Crippen molar-refractivity contribution in [3.8, 4) is 0 Å². The van der Waals surface area contributed by atoms with Gasteiger partial charge in [0.2, 0.25) is 0 Å². The summed E-state index contributed by atoms with van der Waals surface area (Å²) in [4.78, 5) is 10.7. The highest BCUT2D eigenvalue weighted by Gasteiger charge is 2.31. The minimum atomic E-state index is -0.0532. The molecule has 0 unspecified atom stereocenters.